The van der Waals surface area contributed by atoms with E-state index in [0.29, 0.717) is 16.6 Å². The van der Waals surface area contributed by atoms with Crippen molar-refractivity contribution in [2.75, 3.05) is 6.54 Å². The highest BCUT2D eigenvalue weighted by Gasteiger charge is 2.28. The number of hydrogen-bond acceptors (Lipinski definition) is 2. The molecule has 2 rings (SSSR count). The van der Waals surface area contributed by atoms with Gasteiger partial charge in [0.1, 0.15) is 6.04 Å². The molecular weight excluding hydrogens is 273 g/mol. The van der Waals surface area contributed by atoms with Crippen molar-refractivity contribution >= 4 is 29.2 Å². The highest BCUT2D eigenvalue weighted by atomic mass is 35.5. The maximum absolute atomic E-state index is 11.2. The molecule has 1 N–H and O–H groups in total. The Balaban J connectivity index is 2.10. The third-order valence-electron chi connectivity index (χ3n) is 3.27. The molecular formula is C13H15Cl2NO2. The molecule has 5 heteroatoms. The minimum absolute atomic E-state index is 0.381. The first kappa shape index (κ1) is 13.7. The maximum atomic E-state index is 11.2. The van der Waals surface area contributed by atoms with Gasteiger partial charge in [-0.15, -0.1) is 0 Å². The summed E-state index contributed by atoms with van der Waals surface area (Å²) in [5, 5.41) is 10.2. The molecule has 1 aliphatic heterocycles. The van der Waals surface area contributed by atoms with Crippen LogP contribution < -0.4 is 0 Å². The zero-order chi connectivity index (χ0) is 13.1. The van der Waals surface area contributed by atoms with Crippen LogP contribution in [0.15, 0.2) is 18.2 Å². The largest absolute Gasteiger partial charge is 0.480 e. The van der Waals surface area contributed by atoms with Crippen LogP contribution >= 0.6 is 23.2 Å². The number of carbonyl (C=O) groups is 1. The topological polar surface area (TPSA) is 40.5 Å². The van der Waals surface area contributed by atoms with Gasteiger partial charge in [0, 0.05) is 6.54 Å². The first-order valence-electron chi connectivity index (χ1n) is 5.98. The Bertz CT molecular complexity index is 451. The molecule has 1 aromatic rings. The number of hydrogen-bond donors (Lipinski definition) is 1. The van der Waals surface area contributed by atoms with Crippen molar-refractivity contribution in [3.63, 3.8) is 0 Å². The Labute approximate surface area is 116 Å². The van der Waals surface area contributed by atoms with E-state index in [1.54, 1.807) is 12.1 Å². The van der Waals surface area contributed by atoms with Gasteiger partial charge in [-0.05, 0) is 37.1 Å². The van der Waals surface area contributed by atoms with Gasteiger partial charge >= 0.3 is 5.97 Å². The number of rotatable bonds is 3. The lowest BCUT2D eigenvalue weighted by Gasteiger charge is -2.32. The monoisotopic (exact) mass is 287 g/mol. The molecule has 1 aliphatic rings. The van der Waals surface area contributed by atoms with E-state index in [4.69, 9.17) is 23.2 Å². The minimum Gasteiger partial charge on any atom is -0.480 e. The summed E-state index contributed by atoms with van der Waals surface area (Å²) < 4.78 is 0. The van der Waals surface area contributed by atoms with Crippen molar-refractivity contribution in [2.45, 2.75) is 31.8 Å². The van der Waals surface area contributed by atoms with Crippen molar-refractivity contribution in [3.05, 3.63) is 33.8 Å². The summed E-state index contributed by atoms with van der Waals surface area (Å²) in [6.45, 7) is 1.42. The van der Waals surface area contributed by atoms with Gasteiger partial charge in [-0.3, -0.25) is 9.69 Å². The van der Waals surface area contributed by atoms with E-state index < -0.39 is 5.97 Å². The first-order chi connectivity index (χ1) is 8.58. The van der Waals surface area contributed by atoms with Crippen molar-refractivity contribution in [1.29, 1.82) is 0 Å². The normalized spacial score (nSPS) is 20.9. The van der Waals surface area contributed by atoms with Gasteiger partial charge in [0.15, 0.2) is 0 Å². The smallest absolute Gasteiger partial charge is 0.320 e. The van der Waals surface area contributed by atoms with E-state index in [2.05, 4.69) is 0 Å². The lowest BCUT2D eigenvalue weighted by molar-refractivity contribution is -0.144. The molecule has 0 unspecified atom stereocenters. The minimum atomic E-state index is -0.741. The number of carboxylic acids is 1. The summed E-state index contributed by atoms with van der Waals surface area (Å²) in [6, 6.07) is 5.06. The summed E-state index contributed by atoms with van der Waals surface area (Å²) in [4.78, 5) is 13.2. The zero-order valence-corrected chi connectivity index (χ0v) is 11.4. The molecule has 18 heavy (non-hydrogen) atoms. The van der Waals surface area contributed by atoms with E-state index >= 15 is 0 Å². The van der Waals surface area contributed by atoms with Crippen LogP contribution in [0, 0.1) is 0 Å². The predicted molar refractivity (Wildman–Crippen MR) is 72.1 cm³/mol. The van der Waals surface area contributed by atoms with E-state index in [0.717, 1.165) is 31.4 Å². The molecule has 1 aromatic carbocycles. The SMILES string of the molecule is O=C(O)[C@@H]1CCCCN1Cc1ccc(Cl)c(Cl)c1. The lowest BCUT2D eigenvalue weighted by Crippen LogP contribution is -2.43. The summed E-state index contributed by atoms with van der Waals surface area (Å²) in [5.41, 5.74) is 0.998. The Morgan fingerprint density at radius 3 is 2.78 bits per heavy atom. The van der Waals surface area contributed by atoms with Crippen LogP contribution in [0.5, 0.6) is 0 Å². The summed E-state index contributed by atoms with van der Waals surface area (Å²) in [6.07, 6.45) is 2.75. The average Bonchev–Trinajstić information content (AvgIpc) is 2.34. The van der Waals surface area contributed by atoms with Gasteiger partial charge in [0.05, 0.1) is 10.0 Å². The van der Waals surface area contributed by atoms with Crippen molar-refractivity contribution in [1.82, 2.24) is 4.90 Å². The van der Waals surface area contributed by atoms with Crippen molar-refractivity contribution < 1.29 is 9.90 Å². The van der Waals surface area contributed by atoms with Gasteiger partial charge < -0.3 is 5.11 Å². The average molecular weight is 288 g/mol. The van der Waals surface area contributed by atoms with Crippen LogP contribution in [-0.2, 0) is 11.3 Å². The van der Waals surface area contributed by atoms with Crippen LogP contribution in [0.4, 0.5) is 0 Å². The van der Waals surface area contributed by atoms with Crippen LogP contribution in [0.2, 0.25) is 10.0 Å². The Kier molecular flexibility index (Phi) is 4.49. The second-order valence-electron chi connectivity index (χ2n) is 4.57. The summed E-state index contributed by atoms with van der Waals surface area (Å²) in [7, 11) is 0. The Morgan fingerprint density at radius 1 is 1.33 bits per heavy atom. The number of aliphatic carboxylic acids is 1. The highest BCUT2D eigenvalue weighted by Crippen LogP contribution is 2.25. The number of nitrogens with zero attached hydrogens (tertiary/aromatic N) is 1. The summed E-state index contributed by atoms with van der Waals surface area (Å²) >= 11 is 11.8. The second-order valence-corrected chi connectivity index (χ2v) is 5.38. The molecule has 1 saturated heterocycles. The van der Waals surface area contributed by atoms with E-state index in [9.17, 15) is 9.90 Å². The molecule has 3 nitrogen and oxygen atoms in total. The first-order valence-corrected chi connectivity index (χ1v) is 6.74. The molecule has 0 amide bonds. The third-order valence-corrected chi connectivity index (χ3v) is 4.01. The van der Waals surface area contributed by atoms with E-state index in [1.165, 1.54) is 0 Å². The van der Waals surface area contributed by atoms with Crippen LogP contribution in [0.1, 0.15) is 24.8 Å². The lowest BCUT2D eigenvalue weighted by atomic mass is 10.0. The Morgan fingerprint density at radius 2 is 2.11 bits per heavy atom. The zero-order valence-electron chi connectivity index (χ0n) is 9.90. The molecule has 0 aliphatic carbocycles. The highest BCUT2D eigenvalue weighted by molar-refractivity contribution is 6.42. The number of piperidine rings is 1. The fraction of sp³-hybridized carbons (Fsp3) is 0.462. The molecule has 0 radical (unpaired) electrons. The second kappa shape index (κ2) is 5.91. The van der Waals surface area contributed by atoms with Gasteiger partial charge in [-0.1, -0.05) is 35.7 Å². The number of halogens is 2. The van der Waals surface area contributed by atoms with Crippen molar-refractivity contribution in [3.8, 4) is 0 Å². The molecule has 0 spiro atoms. The van der Waals surface area contributed by atoms with Crippen LogP contribution in [0.3, 0.4) is 0 Å². The number of likely N-dealkylation sites (tertiary alicyclic amines) is 1. The van der Waals surface area contributed by atoms with Crippen LogP contribution in [0.25, 0.3) is 0 Å². The molecule has 1 atom stereocenters. The quantitative estimate of drug-likeness (QED) is 0.926. The van der Waals surface area contributed by atoms with Gasteiger partial charge in [-0.2, -0.15) is 0 Å². The fourth-order valence-electron chi connectivity index (χ4n) is 2.33. The Hall–Kier alpha value is -0.770. The molecule has 0 bridgehead atoms. The predicted octanol–water partition coefficient (Wildman–Crippen LogP) is 3.43. The van der Waals surface area contributed by atoms with Crippen molar-refractivity contribution in [2.24, 2.45) is 0 Å². The third kappa shape index (κ3) is 3.16. The fourth-order valence-corrected chi connectivity index (χ4v) is 2.65. The van der Waals surface area contributed by atoms with E-state index in [1.807, 2.05) is 11.0 Å². The summed E-state index contributed by atoms with van der Waals surface area (Å²) in [5.74, 6) is -0.741. The van der Waals surface area contributed by atoms with Crippen LogP contribution in [-0.4, -0.2) is 28.6 Å². The van der Waals surface area contributed by atoms with E-state index in [-0.39, 0.29) is 6.04 Å². The molecule has 98 valence electrons. The molecule has 0 aromatic heterocycles. The molecule has 1 heterocycles. The van der Waals surface area contributed by atoms with Gasteiger partial charge in [0.2, 0.25) is 0 Å². The molecule has 0 saturated carbocycles. The maximum Gasteiger partial charge on any atom is 0.320 e. The van der Waals surface area contributed by atoms with Gasteiger partial charge in [0.25, 0.3) is 0 Å². The number of benzene rings is 1. The van der Waals surface area contributed by atoms with Gasteiger partial charge in [-0.25, -0.2) is 0 Å². The molecule has 1 fully saturated rings. The standard InChI is InChI=1S/C13H15Cl2NO2/c14-10-5-4-9(7-11(10)15)8-16-6-2-1-3-12(16)13(17)18/h4-5,7,12H,1-3,6,8H2,(H,17,18)/t12-/m0/s1. The number of carboxylic acid groups (broad SMARTS) is 1.